The van der Waals surface area contributed by atoms with Gasteiger partial charge in [-0.3, -0.25) is 10.1 Å². The van der Waals surface area contributed by atoms with Crippen LogP contribution < -0.4 is 5.32 Å². The molecule has 26 heavy (non-hydrogen) atoms. The summed E-state index contributed by atoms with van der Waals surface area (Å²) < 4.78 is 9.73. The van der Waals surface area contributed by atoms with Crippen LogP contribution in [0.5, 0.6) is 0 Å². The Bertz CT molecular complexity index is 1000. The van der Waals surface area contributed by atoms with Gasteiger partial charge in [-0.15, -0.1) is 0 Å². The summed E-state index contributed by atoms with van der Waals surface area (Å²) in [5.74, 6) is 0.434. The van der Waals surface area contributed by atoms with Crippen molar-refractivity contribution in [2.24, 2.45) is 0 Å². The van der Waals surface area contributed by atoms with Crippen molar-refractivity contribution in [3.05, 3.63) is 52.8 Å². The van der Waals surface area contributed by atoms with E-state index in [1.807, 2.05) is 24.5 Å². The molecular formula is C17H11ClN4O2S2. The summed E-state index contributed by atoms with van der Waals surface area (Å²) in [6.07, 6.45) is 3.22. The zero-order chi connectivity index (χ0) is 18.5. The Morgan fingerprint density at radius 1 is 1.35 bits per heavy atom. The molecule has 2 aromatic heterocycles. The second-order valence-corrected chi connectivity index (χ2v) is 6.88. The minimum absolute atomic E-state index is 0.0945. The number of furan rings is 1. The minimum atomic E-state index is -0.569. The van der Waals surface area contributed by atoms with Crippen molar-refractivity contribution in [3.8, 4) is 17.4 Å². The summed E-state index contributed by atoms with van der Waals surface area (Å²) in [5.41, 5.74) is 0.748. The molecule has 0 atom stereocenters. The van der Waals surface area contributed by atoms with Crippen molar-refractivity contribution in [1.29, 1.82) is 5.26 Å². The van der Waals surface area contributed by atoms with Crippen molar-refractivity contribution >= 4 is 52.0 Å². The first-order chi connectivity index (χ1) is 12.6. The van der Waals surface area contributed by atoms with Gasteiger partial charge in [0.05, 0.1) is 0 Å². The molecule has 6 nitrogen and oxygen atoms in total. The molecule has 0 saturated carbocycles. The number of carbonyl (C=O) groups is 1. The Morgan fingerprint density at radius 2 is 2.12 bits per heavy atom. The standard InChI is InChI=1S/C17H11ClN4O2S2/c1-25-17-21-16(26-22-17)20-15(23)11(9-19)8-13-6-7-14(24-13)10-2-4-12(18)5-3-10/h2-8H,1H3,(H,20,21,22,23)/b11-8-. The summed E-state index contributed by atoms with van der Waals surface area (Å²) >= 11 is 8.30. The van der Waals surface area contributed by atoms with Gasteiger partial charge in [-0.05, 0) is 42.7 Å². The number of hydrogen-bond donors (Lipinski definition) is 1. The number of aromatic nitrogens is 2. The van der Waals surface area contributed by atoms with Gasteiger partial charge in [0, 0.05) is 28.2 Å². The maximum atomic E-state index is 12.2. The van der Waals surface area contributed by atoms with Crippen molar-refractivity contribution in [2.75, 3.05) is 11.6 Å². The maximum absolute atomic E-state index is 12.2. The van der Waals surface area contributed by atoms with E-state index in [-0.39, 0.29) is 5.57 Å². The molecule has 9 heteroatoms. The second kappa shape index (κ2) is 8.19. The third-order valence-corrected chi connectivity index (χ3v) is 4.76. The molecule has 1 amide bonds. The lowest BCUT2D eigenvalue weighted by Gasteiger charge is -1.99. The van der Waals surface area contributed by atoms with Crippen LogP contribution in [0.4, 0.5) is 5.13 Å². The average molecular weight is 403 g/mol. The summed E-state index contributed by atoms with van der Waals surface area (Å²) in [6, 6.07) is 12.5. The van der Waals surface area contributed by atoms with Gasteiger partial charge in [0.2, 0.25) is 10.3 Å². The molecule has 130 valence electrons. The fraction of sp³-hybridized carbons (Fsp3) is 0.0588. The maximum Gasteiger partial charge on any atom is 0.268 e. The lowest BCUT2D eigenvalue weighted by atomic mass is 10.2. The van der Waals surface area contributed by atoms with Crippen molar-refractivity contribution in [2.45, 2.75) is 5.16 Å². The van der Waals surface area contributed by atoms with Crippen molar-refractivity contribution in [3.63, 3.8) is 0 Å². The van der Waals surface area contributed by atoms with Gasteiger partial charge in [-0.2, -0.15) is 14.6 Å². The topological polar surface area (TPSA) is 91.8 Å². The molecule has 0 saturated heterocycles. The number of thioether (sulfide) groups is 1. The number of benzene rings is 1. The molecular weight excluding hydrogens is 392 g/mol. The highest BCUT2D eigenvalue weighted by Gasteiger charge is 2.14. The van der Waals surface area contributed by atoms with Crippen LogP contribution in [0.15, 0.2) is 51.5 Å². The largest absolute Gasteiger partial charge is 0.457 e. The normalized spacial score (nSPS) is 11.2. The Morgan fingerprint density at radius 3 is 2.77 bits per heavy atom. The molecule has 0 aliphatic rings. The third-order valence-electron chi connectivity index (χ3n) is 3.22. The van der Waals surface area contributed by atoms with Gasteiger partial charge in [0.15, 0.2) is 0 Å². The Hall–Kier alpha value is -2.60. The number of rotatable bonds is 5. The molecule has 0 fully saturated rings. The van der Waals surface area contributed by atoms with Crippen LogP contribution in [-0.4, -0.2) is 21.5 Å². The van der Waals surface area contributed by atoms with E-state index in [4.69, 9.17) is 16.0 Å². The van der Waals surface area contributed by atoms with E-state index in [0.717, 1.165) is 17.1 Å². The molecule has 0 aliphatic heterocycles. The van der Waals surface area contributed by atoms with Crippen LogP contribution in [-0.2, 0) is 4.79 Å². The molecule has 3 rings (SSSR count). The predicted octanol–water partition coefficient (Wildman–Crippen LogP) is 4.72. The quantitative estimate of drug-likeness (QED) is 0.377. The molecule has 0 radical (unpaired) electrons. The summed E-state index contributed by atoms with van der Waals surface area (Å²) in [5, 5.41) is 13.4. The lowest BCUT2D eigenvalue weighted by molar-refractivity contribution is -0.112. The van der Waals surface area contributed by atoms with Crippen LogP contribution in [0.25, 0.3) is 17.4 Å². The Labute approximate surface area is 162 Å². The number of amides is 1. The summed E-state index contributed by atoms with van der Waals surface area (Å²) in [7, 11) is 0. The van der Waals surface area contributed by atoms with E-state index in [1.54, 1.807) is 24.3 Å². The molecule has 0 unspecified atom stereocenters. The number of hydrogen-bond acceptors (Lipinski definition) is 7. The SMILES string of the molecule is CSc1nsc(NC(=O)/C(C#N)=C\c2ccc(-c3ccc(Cl)cc3)o2)n1. The van der Waals surface area contributed by atoms with E-state index in [0.29, 0.717) is 26.8 Å². The highest BCUT2D eigenvalue weighted by atomic mass is 35.5. The van der Waals surface area contributed by atoms with Crippen molar-refractivity contribution in [1.82, 2.24) is 9.36 Å². The number of nitrogens with one attached hydrogen (secondary N) is 1. The lowest BCUT2D eigenvalue weighted by Crippen LogP contribution is -2.13. The van der Waals surface area contributed by atoms with E-state index >= 15 is 0 Å². The van der Waals surface area contributed by atoms with Crippen LogP contribution in [0.2, 0.25) is 5.02 Å². The van der Waals surface area contributed by atoms with Gasteiger partial charge in [-0.1, -0.05) is 23.4 Å². The molecule has 3 aromatic rings. The van der Waals surface area contributed by atoms with Crippen LogP contribution in [0.1, 0.15) is 5.76 Å². The number of nitriles is 1. The van der Waals surface area contributed by atoms with Crippen LogP contribution in [0.3, 0.4) is 0 Å². The highest BCUT2D eigenvalue weighted by molar-refractivity contribution is 7.98. The van der Waals surface area contributed by atoms with Gasteiger partial charge < -0.3 is 4.42 Å². The van der Waals surface area contributed by atoms with Gasteiger partial charge >= 0.3 is 0 Å². The van der Waals surface area contributed by atoms with Crippen molar-refractivity contribution < 1.29 is 9.21 Å². The van der Waals surface area contributed by atoms with Crippen LogP contribution >= 0.6 is 34.9 Å². The molecule has 2 heterocycles. The third kappa shape index (κ3) is 4.32. The molecule has 0 aliphatic carbocycles. The average Bonchev–Trinajstić information content (AvgIpc) is 3.29. The first kappa shape index (κ1) is 18.2. The smallest absolute Gasteiger partial charge is 0.268 e. The van der Waals surface area contributed by atoms with E-state index in [1.165, 1.54) is 17.8 Å². The molecule has 1 aromatic carbocycles. The summed E-state index contributed by atoms with van der Waals surface area (Å²) in [4.78, 5) is 16.3. The van der Waals surface area contributed by atoms with Crippen LogP contribution in [0, 0.1) is 11.3 Å². The Kier molecular flexibility index (Phi) is 5.73. The van der Waals surface area contributed by atoms with Gasteiger partial charge in [-0.25, -0.2) is 0 Å². The first-order valence-electron chi connectivity index (χ1n) is 7.25. The number of halogens is 1. The van der Waals surface area contributed by atoms with E-state index < -0.39 is 5.91 Å². The monoisotopic (exact) mass is 402 g/mol. The van der Waals surface area contributed by atoms with Gasteiger partial charge in [0.1, 0.15) is 23.2 Å². The fourth-order valence-electron chi connectivity index (χ4n) is 2.00. The molecule has 0 bridgehead atoms. The number of carbonyl (C=O) groups excluding carboxylic acids is 1. The van der Waals surface area contributed by atoms with E-state index in [9.17, 15) is 10.1 Å². The first-order valence-corrected chi connectivity index (χ1v) is 9.63. The minimum Gasteiger partial charge on any atom is -0.457 e. The second-order valence-electron chi connectivity index (χ2n) is 4.92. The molecule has 0 spiro atoms. The number of nitrogens with zero attached hydrogens (tertiary/aromatic N) is 3. The van der Waals surface area contributed by atoms with E-state index in [2.05, 4.69) is 14.7 Å². The molecule has 1 N–H and O–H groups in total. The summed E-state index contributed by atoms with van der Waals surface area (Å²) in [6.45, 7) is 0. The Balaban J connectivity index is 1.77. The number of anilines is 1. The predicted molar refractivity (Wildman–Crippen MR) is 103 cm³/mol. The highest BCUT2D eigenvalue weighted by Crippen LogP contribution is 2.25. The van der Waals surface area contributed by atoms with Gasteiger partial charge in [0.25, 0.3) is 5.91 Å². The fourth-order valence-corrected chi connectivity index (χ4v) is 3.25. The zero-order valence-corrected chi connectivity index (χ0v) is 15.8. The zero-order valence-electron chi connectivity index (χ0n) is 13.4.